The molecule has 0 radical (unpaired) electrons. The van der Waals surface area contributed by atoms with Gasteiger partial charge in [-0.05, 0) is 180 Å². The third-order valence-electron chi connectivity index (χ3n) is 27.0. The quantitative estimate of drug-likeness (QED) is 0.0653. The molecule has 0 amide bonds. The average molecular weight is 1990 g/mol. The van der Waals surface area contributed by atoms with E-state index >= 15 is 0 Å². The number of nitrogens with zero attached hydrogens (tertiary/aromatic N) is 5. The number of rotatable bonds is 16. The van der Waals surface area contributed by atoms with Gasteiger partial charge in [0.05, 0.1) is 60.7 Å². The molecule has 30 heteroatoms. The number of morpholine rings is 1. The molecule has 11 aromatic carbocycles. The van der Waals surface area contributed by atoms with Gasteiger partial charge in [-0.1, -0.05) is 247 Å². The van der Waals surface area contributed by atoms with Crippen molar-refractivity contribution in [2.24, 2.45) is 0 Å². The van der Waals surface area contributed by atoms with E-state index in [1.165, 1.54) is 0 Å². The molecule has 25 rings (SSSR count). The van der Waals surface area contributed by atoms with Crippen LogP contribution in [0.2, 0.25) is 10.0 Å². The lowest BCUT2D eigenvalue weighted by atomic mass is 9.68. The molecule has 19 aromatic rings. The van der Waals surface area contributed by atoms with Gasteiger partial charge in [-0.2, -0.15) is 0 Å². The molecule has 1 saturated heterocycles. The Balaban J connectivity index is 0.000000108. The number of hydrogen-bond donors (Lipinski definition) is 4. The zero-order chi connectivity index (χ0) is 96.8. The van der Waals surface area contributed by atoms with Crippen molar-refractivity contribution in [3.63, 3.8) is 0 Å². The average Bonchev–Trinajstić information content (AvgIpc) is 1.49. The van der Waals surface area contributed by atoms with E-state index in [1.54, 1.807) is 104 Å². The first kappa shape index (κ1) is 91.6. The van der Waals surface area contributed by atoms with Gasteiger partial charge in [0.25, 0.3) is 22.2 Å². The number of aromatic hydroxyl groups is 4. The van der Waals surface area contributed by atoms with Crippen molar-refractivity contribution in [1.29, 1.82) is 0 Å². The summed E-state index contributed by atoms with van der Waals surface area (Å²) in [5, 5.41) is 47.8. The van der Waals surface area contributed by atoms with Crippen LogP contribution in [0.1, 0.15) is 94.9 Å². The van der Waals surface area contributed by atoms with Gasteiger partial charge in [-0.3, -0.25) is 42.3 Å². The van der Waals surface area contributed by atoms with Crippen molar-refractivity contribution in [2.45, 2.75) is 114 Å². The molecule has 141 heavy (non-hydrogen) atoms. The monoisotopic (exact) mass is 1990 g/mol. The van der Waals surface area contributed by atoms with Crippen LogP contribution >= 0.6 is 70.2 Å². The van der Waals surface area contributed by atoms with Crippen LogP contribution in [0, 0.1) is 0 Å². The van der Waals surface area contributed by atoms with Gasteiger partial charge in [0.15, 0.2) is 39.7 Å². The van der Waals surface area contributed by atoms with Crippen LogP contribution in [0.4, 0.5) is 0 Å². The van der Waals surface area contributed by atoms with E-state index in [9.17, 15) is 58.8 Å². The topological polar surface area (TPSA) is 321 Å². The second-order valence-corrected chi connectivity index (χ2v) is 40.3. The second kappa shape index (κ2) is 37.9. The predicted molar refractivity (Wildman–Crippen MR) is 548 cm³/mol. The fourth-order valence-electron chi connectivity index (χ4n) is 20.6. The fraction of sp³-hybridized carbons (Fsp3) is 0.171. The number of pyridine rings is 4. The van der Waals surface area contributed by atoms with Crippen LogP contribution < -0.4 is 54.2 Å². The second-order valence-electron chi connectivity index (χ2n) is 35.1. The minimum atomic E-state index is -0.701. The fourth-order valence-corrected chi connectivity index (χ4v) is 24.5. The highest BCUT2D eigenvalue weighted by Gasteiger charge is 2.47. The molecule has 1 aliphatic carbocycles. The molecule has 0 bridgehead atoms. The van der Waals surface area contributed by atoms with E-state index in [0.29, 0.717) is 72.5 Å². The molecule has 24 nitrogen and oxygen atoms in total. The zero-order valence-corrected chi connectivity index (χ0v) is 79.9. The minimum absolute atomic E-state index is 0.00612. The number of ether oxygens (including phenoxy) is 3. The van der Waals surface area contributed by atoms with Crippen LogP contribution in [0.15, 0.2) is 368 Å². The molecule has 3 atom stereocenters. The van der Waals surface area contributed by atoms with Crippen LogP contribution in [-0.4, -0.2) is 90.2 Å². The number of hydrogen-bond acceptors (Lipinski definition) is 24. The Morgan fingerprint density at radius 1 is 0.390 bits per heavy atom. The minimum Gasteiger partial charge on any atom is -0.505 e. The molecule has 8 aromatic heterocycles. The van der Waals surface area contributed by atoms with Gasteiger partial charge in [-0.15, -0.1) is 0 Å². The van der Waals surface area contributed by atoms with Crippen LogP contribution in [0.5, 0.6) is 34.5 Å². The third kappa shape index (κ3) is 16.5. The Bertz CT molecular complexity index is 8830. The maximum absolute atomic E-state index is 14.2. The molecule has 3 unspecified atom stereocenters. The molecule has 4 N–H and O–H groups in total. The maximum Gasteiger partial charge on any atom is 0.354 e. The van der Waals surface area contributed by atoms with Crippen molar-refractivity contribution >= 4 is 147 Å². The Labute approximate surface area is 827 Å². The van der Waals surface area contributed by atoms with E-state index in [1.807, 2.05) is 188 Å². The highest BCUT2D eigenvalue weighted by molar-refractivity contribution is 8.00. The first-order chi connectivity index (χ1) is 68.7. The van der Waals surface area contributed by atoms with Gasteiger partial charge in [-0.25, -0.2) is 19.2 Å². The third-order valence-corrected chi connectivity index (χ3v) is 31.7. The van der Waals surface area contributed by atoms with Gasteiger partial charge in [0, 0.05) is 82.6 Å². The van der Waals surface area contributed by atoms with E-state index in [2.05, 4.69) is 11.0 Å². The molecule has 5 aliphatic heterocycles. The van der Waals surface area contributed by atoms with E-state index < -0.39 is 22.5 Å². The van der Waals surface area contributed by atoms with E-state index in [-0.39, 0.29) is 132 Å². The van der Waals surface area contributed by atoms with Gasteiger partial charge in [0.2, 0.25) is 0 Å². The summed E-state index contributed by atoms with van der Waals surface area (Å²) >= 11 is 16.2. The van der Waals surface area contributed by atoms with E-state index in [0.717, 1.165) is 190 Å². The summed E-state index contributed by atoms with van der Waals surface area (Å²) in [6.07, 6.45) is 6.92. The summed E-state index contributed by atoms with van der Waals surface area (Å²) in [5.74, 6) is -0.0270. The predicted octanol–water partition coefficient (Wildman–Crippen LogP) is 21.7. The summed E-state index contributed by atoms with van der Waals surface area (Å²) < 4.78 is 46.5. The lowest BCUT2D eigenvalue weighted by Gasteiger charge is -2.34. The Hall–Kier alpha value is -14.5. The molecule has 2 fully saturated rings. The Morgan fingerprint density at radius 3 is 1.26 bits per heavy atom. The molecule has 1 saturated carbocycles. The normalized spacial score (nSPS) is 15.7. The molecule has 704 valence electrons. The molecule has 13 heterocycles. The highest BCUT2D eigenvalue weighted by atomic mass is 35.5. The number of benzene rings is 11. The number of methoxy groups -OCH3 is 1. The summed E-state index contributed by atoms with van der Waals surface area (Å²) in [6, 6.07) is 83.8. The van der Waals surface area contributed by atoms with Crippen LogP contribution in [0.25, 0.3) is 82.3 Å². The lowest BCUT2D eigenvalue weighted by molar-refractivity contribution is 0.0322. The van der Waals surface area contributed by atoms with Crippen molar-refractivity contribution in [2.75, 3.05) is 46.6 Å². The van der Waals surface area contributed by atoms with Gasteiger partial charge >= 0.3 is 22.5 Å². The molecule has 6 aliphatic rings. The van der Waals surface area contributed by atoms with Crippen LogP contribution in [-0.2, 0) is 29.4 Å². The standard InChI is InChI=1S/C32H32N2O6S.C27H19NO5S.2C26H16ClNO4S/c35-28-27-25(40-31(37)29(28)41-22-7-3-1-4-8-22)20-26-32(11-5-2-6-12-32)23-19-21(9-10-24(23)34(26)30(27)36)39-18-15-33-13-16-38-17-14-33;1-32-17-10-6-11-18(14-17)34-25-23(29)21-24(33-27(25)31)19-12-5-9-16-13-20(15-7-3-2-4-8-15)28(22(16)19)26(21)30;27-16-9-5-10-17(13-16)33-24-22(29)20-23(32-26(24)31)18-11-4-8-15-12-19(14-6-2-1-3-7-14)28(21(15)18)25(20)30;27-16-9-11-17(12-10-16)33-24-22(29)20-23(32-26(24)31)18-8-4-7-15-13-19(14-5-2-1-3-6-14)28(21(15)18)25(20)30/h1,3-4,7-10,19-20,35H,2,5-6,11-18H2;2-12,14,20,29H,13H2,1H3;1-11,13,19,29H,12H2;1-12,19,29H,13H2. The number of halogens is 2. The van der Waals surface area contributed by atoms with Crippen LogP contribution in [0.3, 0.4) is 0 Å². The smallest absolute Gasteiger partial charge is 0.354 e. The van der Waals surface area contributed by atoms with Crippen molar-refractivity contribution < 1.29 is 52.3 Å². The summed E-state index contributed by atoms with van der Waals surface area (Å²) in [5.41, 5.74) is 6.75. The largest absolute Gasteiger partial charge is 0.505 e. The Kier molecular flexibility index (Phi) is 24.7. The molecule has 1 spiro atoms. The summed E-state index contributed by atoms with van der Waals surface area (Å²) in [4.78, 5) is 112. The lowest BCUT2D eigenvalue weighted by Crippen LogP contribution is -2.38. The number of fused-ring (bicyclic) bond motifs is 12. The number of aromatic nitrogens is 4. The number of para-hydroxylation sites is 3. The molecular weight excluding hydrogens is 1910 g/mol. The summed E-state index contributed by atoms with van der Waals surface area (Å²) in [6.45, 7) is 4.74. The first-order valence-electron chi connectivity index (χ1n) is 45.9. The highest BCUT2D eigenvalue weighted by Crippen LogP contribution is 2.54. The van der Waals surface area contributed by atoms with Crippen molar-refractivity contribution in [3.05, 3.63) is 411 Å². The maximum atomic E-state index is 14.2. The zero-order valence-electron chi connectivity index (χ0n) is 75.1. The first-order valence-corrected chi connectivity index (χ1v) is 49.9. The molecular formula is C111H83Cl2N5O19S4. The van der Waals surface area contributed by atoms with Gasteiger partial charge in [0.1, 0.15) is 64.8 Å². The van der Waals surface area contributed by atoms with E-state index in [4.69, 9.17) is 55.1 Å². The van der Waals surface area contributed by atoms with Gasteiger partial charge < -0.3 is 52.3 Å². The summed E-state index contributed by atoms with van der Waals surface area (Å²) in [7, 11) is 1.55. The van der Waals surface area contributed by atoms with Crippen molar-refractivity contribution in [1.82, 2.24) is 23.2 Å². The Morgan fingerprint density at radius 2 is 0.801 bits per heavy atom. The van der Waals surface area contributed by atoms with Crippen molar-refractivity contribution in [3.8, 4) is 40.2 Å². The SMILES string of the molecule is COc1cccc(Sc2c(O)c3c(=O)n4c5c(cccc5c3oc2=O)CC4c2ccccc2)c1.O=c1oc2c(c(O)c1Sc1ccc(Cl)cc1)c(=O)n1c3c(cccc23)CC1c1ccccc1.O=c1oc2c(c(O)c1Sc1cccc(Cl)c1)c(=O)n1c3c(cccc23)CC1c1ccccc1.O=c1oc2cc3n(c(=O)c2c(O)c1Sc1ccccc1)-c1ccc(OCCN2CCOCC2)cc1C31CCCCC1.